The summed E-state index contributed by atoms with van der Waals surface area (Å²) in [5.41, 5.74) is 3.18. The minimum Gasteiger partial charge on any atom is -0.314 e. The van der Waals surface area contributed by atoms with Crippen LogP contribution in [0.3, 0.4) is 0 Å². The van der Waals surface area contributed by atoms with Crippen LogP contribution >= 0.6 is 0 Å². The van der Waals surface area contributed by atoms with E-state index in [9.17, 15) is 0 Å². The van der Waals surface area contributed by atoms with Gasteiger partial charge in [-0.05, 0) is 37.8 Å². The molecule has 18 heavy (non-hydrogen) atoms. The third kappa shape index (κ3) is 3.33. The fourth-order valence-electron chi connectivity index (χ4n) is 2.64. The highest BCUT2D eigenvalue weighted by molar-refractivity contribution is 5.22. The maximum absolute atomic E-state index is 3.48. The van der Waals surface area contributed by atoms with Gasteiger partial charge in [-0.25, -0.2) is 0 Å². The standard InChI is InChI=1S/C16H26N2/c1-4-14-5-7-15(8-6-14)9-11-18-12-10-17-13-16(18,2)3/h5-8,17H,4,9-13H2,1-3H3. The third-order valence-corrected chi connectivity index (χ3v) is 4.07. The lowest BCUT2D eigenvalue weighted by atomic mass is 9.99. The summed E-state index contributed by atoms with van der Waals surface area (Å²) in [5, 5.41) is 3.48. The van der Waals surface area contributed by atoms with Crippen molar-refractivity contribution in [3.8, 4) is 0 Å². The molecule has 1 aliphatic heterocycles. The van der Waals surface area contributed by atoms with Crippen molar-refractivity contribution in [2.75, 3.05) is 26.2 Å². The molecule has 1 aliphatic rings. The van der Waals surface area contributed by atoms with Gasteiger partial charge in [0.1, 0.15) is 0 Å². The van der Waals surface area contributed by atoms with Crippen molar-refractivity contribution in [1.29, 1.82) is 0 Å². The van der Waals surface area contributed by atoms with Crippen LogP contribution in [-0.4, -0.2) is 36.6 Å². The summed E-state index contributed by atoms with van der Waals surface area (Å²) >= 11 is 0. The Kier molecular flexibility index (Phi) is 4.41. The predicted octanol–water partition coefficient (Wildman–Crippen LogP) is 2.48. The van der Waals surface area contributed by atoms with Crippen LogP contribution in [0.2, 0.25) is 0 Å². The Balaban J connectivity index is 1.90. The SMILES string of the molecule is CCc1ccc(CCN2CCNCC2(C)C)cc1. The topological polar surface area (TPSA) is 15.3 Å². The number of benzene rings is 1. The summed E-state index contributed by atoms with van der Waals surface area (Å²) in [7, 11) is 0. The van der Waals surface area contributed by atoms with Crippen LogP contribution in [0.25, 0.3) is 0 Å². The van der Waals surface area contributed by atoms with Crippen molar-refractivity contribution in [3.63, 3.8) is 0 Å². The number of aryl methyl sites for hydroxylation is 1. The molecule has 0 saturated carbocycles. The van der Waals surface area contributed by atoms with Gasteiger partial charge in [-0.1, -0.05) is 31.2 Å². The van der Waals surface area contributed by atoms with Crippen molar-refractivity contribution in [3.05, 3.63) is 35.4 Å². The minimum atomic E-state index is 0.293. The first kappa shape index (κ1) is 13.6. The highest BCUT2D eigenvalue weighted by atomic mass is 15.2. The van der Waals surface area contributed by atoms with Crippen molar-refractivity contribution in [2.45, 2.75) is 39.2 Å². The van der Waals surface area contributed by atoms with E-state index in [2.05, 4.69) is 55.3 Å². The van der Waals surface area contributed by atoms with Crippen LogP contribution in [0.4, 0.5) is 0 Å². The first-order valence-electron chi connectivity index (χ1n) is 7.15. The van der Waals surface area contributed by atoms with E-state index in [-0.39, 0.29) is 0 Å². The van der Waals surface area contributed by atoms with Gasteiger partial charge in [-0.3, -0.25) is 4.90 Å². The predicted molar refractivity (Wildman–Crippen MR) is 78.0 cm³/mol. The molecular formula is C16H26N2. The molecule has 0 unspecified atom stereocenters. The van der Waals surface area contributed by atoms with E-state index < -0.39 is 0 Å². The van der Waals surface area contributed by atoms with Gasteiger partial charge < -0.3 is 5.32 Å². The number of nitrogens with zero attached hydrogens (tertiary/aromatic N) is 1. The molecule has 0 spiro atoms. The Bertz CT molecular complexity index is 367. The molecule has 1 N–H and O–H groups in total. The van der Waals surface area contributed by atoms with Gasteiger partial charge >= 0.3 is 0 Å². The van der Waals surface area contributed by atoms with Gasteiger partial charge in [0.2, 0.25) is 0 Å². The molecule has 0 radical (unpaired) electrons. The highest BCUT2D eigenvalue weighted by Crippen LogP contribution is 2.17. The molecule has 0 bridgehead atoms. The van der Waals surface area contributed by atoms with Gasteiger partial charge in [0.05, 0.1) is 0 Å². The molecule has 1 saturated heterocycles. The monoisotopic (exact) mass is 246 g/mol. The second-order valence-electron chi connectivity index (χ2n) is 5.90. The zero-order valence-electron chi connectivity index (χ0n) is 12.0. The smallest absolute Gasteiger partial charge is 0.0278 e. The van der Waals surface area contributed by atoms with E-state index >= 15 is 0 Å². The summed E-state index contributed by atoms with van der Waals surface area (Å²) in [6.07, 6.45) is 2.29. The van der Waals surface area contributed by atoms with Gasteiger partial charge in [0.15, 0.2) is 0 Å². The van der Waals surface area contributed by atoms with E-state index in [1.165, 1.54) is 24.2 Å². The molecule has 0 atom stereocenters. The zero-order valence-corrected chi connectivity index (χ0v) is 12.0. The molecule has 2 nitrogen and oxygen atoms in total. The Morgan fingerprint density at radius 1 is 1.17 bits per heavy atom. The second-order valence-corrected chi connectivity index (χ2v) is 5.90. The number of piperazine rings is 1. The Morgan fingerprint density at radius 2 is 1.83 bits per heavy atom. The average molecular weight is 246 g/mol. The Hall–Kier alpha value is -0.860. The zero-order chi connectivity index (χ0) is 13.0. The van der Waals surface area contributed by atoms with Crippen LogP contribution in [-0.2, 0) is 12.8 Å². The number of nitrogens with one attached hydrogen (secondary N) is 1. The molecule has 0 amide bonds. The quantitative estimate of drug-likeness (QED) is 0.878. The normalized spacial score (nSPS) is 19.9. The lowest BCUT2D eigenvalue weighted by molar-refractivity contribution is 0.0921. The average Bonchev–Trinajstić information content (AvgIpc) is 2.38. The molecule has 1 aromatic rings. The van der Waals surface area contributed by atoms with Gasteiger partial charge in [-0.2, -0.15) is 0 Å². The lowest BCUT2D eigenvalue weighted by Crippen LogP contribution is -2.58. The van der Waals surface area contributed by atoms with E-state index in [0.29, 0.717) is 5.54 Å². The van der Waals surface area contributed by atoms with Gasteiger partial charge in [0.25, 0.3) is 0 Å². The fourth-order valence-corrected chi connectivity index (χ4v) is 2.64. The van der Waals surface area contributed by atoms with E-state index in [1.54, 1.807) is 0 Å². The van der Waals surface area contributed by atoms with Crippen LogP contribution in [0.1, 0.15) is 31.9 Å². The number of hydrogen-bond acceptors (Lipinski definition) is 2. The van der Waals surface area contributed by atoms with Crippen molar-refractivity contribution < 1.29 is 0 Å². The maximum atomic E-state index is 3.48. The van der Waals surface area contributed by atoms with Crippen molar-refractivity contribution in [1.82, 2.24) is 10.2 Å². The van der Waals surface area contributed by atoms with Crippen LogP contribution in [0, 0.1) is 0 Å². The molecule has 0 aliphatic carbocycles. The first-order valence-corrected chi connectivity index (χ1v) is 7.15. The minimum absolute atomic E-state index is 0.293. The fraction of sp³-hybridized carbons (Fsp3) is 0.625. The Morgan fingerprint density at radius 3 is 2.44 bits per heavy atom. The molecule has 100 valence electrons. The van der Waals surface area contributed by atoms with E-state index in [1.807, 2.05) is 0 Å². The summed E-state index contributed by atoms with van der Waals surface area (Å²) in [6.45, 7) is 11.4. The third-order valence-electron chi connectivity index (χ3n) is 4.07. The summed E-state index contributed by atoms with van der Waals surface area (Å²) < 4.78 is 0. The molecule has 1 heterocycles. The van der Waals surface area contributed by atoms with Gasteiger partial charge in [0, 0.05) is 31.7 Å². The first-order chi connectivity index (χ1) is 8.62. The molecule has 2 rings (SSSR count). The molecule has 0 aromatic heterocycles. The van der Waals surface area contributed by atoms with Crippen molar-refractivity contribution >= 4 is 0 Å². The molecular weight excluding hydrogens is 220 g/mol. The Labute approximate surface area is 111 Å². The van der Waals surface area contributed by atoms with Crippen LogP contribution < -0.4 is 5.32 Å². The second kappa shape index (κ2) is 5.85. The van der Waals surface area contributed by atoms with Gasteiger partial charge in [-0.15, -0.1) is 0 Å². The summed E-state index contributed by atoms with van der Waals surface area (Å²) in [4.78, 5) is 2.61. The largest absolute Gasteiger partial charge is 0.314 e. The van der Waals surface area contributed by atoms with E-state index in [4.69, 9.17) is 0 Å². The van der Waals surface area contributed by atoms with E-state index in [0.717, 1.165) is 25.9 Å². The molecule has 2 heteroatoms. The van der Waals surface area contributed by atoms with Crippen LogP contribution in [0.15, 0.2) is 24.3 Å². The lowest BCUT2D eigenvalue weighted by Gasteiger charge is -2.43. The maximum Gasteiger partial charge on any atom is 0.0278 e. The van der Waals surface area contributed by atoms with Crippen molar-refractivity contribution in [2.24, 2.45) is 0 Å². The highest BCUT2D eigenvalue weighted by Gasteiger charge is 2.28. The summed E-state index contributed by atoms with van der Waals surface area (Å²) in [5.74, 6) is 0. The number of hydrogen-bond donors (Lipinski definition) is 1. The number of rotatable bonds is 4. The molecule has 1 aromatic carbocycles. The molecule has 1 fully saturated rings. The summed E-state index contributed by atoms with van der Waals surface area (Å²) in [6, 6.07) is 9.10. The van der Waals surface area contributed by atoms with Crippen LogP contribution in [0.5, 0.6) is 0 Å².